The number of nitrogens with one attached hydrogen (secondary N) is 1. The van der Waals surface area contributed by atoms with E-state index in [2.05, 4.69) is 15.3 Å². The molecule has 144 valence electrons. The van der Waals surface area contributed by atoms with Gasteiger partial charge in [0.1, 0.15) is 0 Å². The van der Waals surface area contributed by atoms with Crippen LogP contribution in [0.5, 0.6) is 0 Å². The monoisotopic (exact) mass is 394 g/mol. The van der Waals surface area contributed by atoms with Crippen LogP contribution >= 0.6 is 11.6 Å². The van der Waals surface area contributed by atoms with Gasteiger partial charge in [-0.15, -0.1) is 0 Å². The Morgan fingerprint density at radius 3 is 2.39 bits per heavy atom. The summed E-state index contributed by atoms with van der Waals surface area (Å²) in [6.45, 7) is 7.08. The van der Waals surface area contributed by atoms with Crippen LogP contribution in [0.2, 0.25) is 5.02 Å². The van der Waals surface area contributed by atoms with E-state index >= 15 is 0 Å². The van der Waals surface area contributed by atoms with Gasteiger partial charge >= 0.3 is 0 Å². The summed E-state index contributed by atoms with van der Waals surface area (Å²) < 4.78 is 0. The molecular weight excluding hydrogens is 372 g/mol. The standard InChI is InChI=1S/C22H23ClN4O/c1-4-27(14-17-8-6-5-7-9-17)21(28)18-12-24-22(25-13-18)26-20-16(3)10-15(2)11-19(20)23/h5-13H,4,14H2,1-3H3,(H,24,25,26). The highest BCUT2D eigenvalue weighted by Gasteiger charge is 2.16. The van der Waals surface area contributed by atoms with E-state index in [9.17, 15) is 4.79 Å². The molecule has 28 heavy (non-hydrogen) atoms. The van der Waals surface area contributed by atoms with Gasteiger partial charge in [-0.2, -0.15) is 0 Å². The minimum absolute atomic E-state index is 0.0950. The first-order valence-corrected chi connectivity index (χ1v) is 9.54. The average molecular weight is 395 g/mol. The largest absolute Gasteiger partial charge is 0.335 e. The van der Waals surface area contributed by atoms with E-state index < -0.39 is 0 Å². The maximum Gasteiger partial charge on any atom is 0.257 e. The fourth-order valence-corrected chi connectivity index (χ4v) is 3.37. The first-order valence-electron chi connectivity index (χ1n) is 9.17. The van der Waals surface area contributed by atoms with Crippen LogP contribution in [0.3, 0.4) is 0 Å². The molecule has 0 aliphatic rings. The lowest BCUT2D eigenvalue weighted by Crippen LogP contribution is -2.30. The van der Waals surface area contributed by atoms with Gasteiger partial charge in [0, 0.05) is 25.5 Å². The number of aryl methyl sites for hydroxylation is 2. The van der Waals surface area contributed by atoms with Crippen LogP contribution in [-0.2, 0) is 6.54 Å². The Morgan fingerprint density at radius 1 is 1.11 bits per heavy atom. The van der Waals surface area contributed by atoms with Crippen molar-refractivity contribution in [2.75, 3.05) is 11.9 Å². The second-order valence-corrected chi connectivity index (χ2v) is 7.07. The zero-order valence-corrected chi connectivity index (χ0v) is 17.0. The highest BCUT2D eigenvalue weighted by Crippen LogP contribution is 2.29. The summed E-state index contributed by atoms with van der Waals surface area (Å²) in [5, 5.41) is 3.75. The van der Waals surface area contributed by atoms with Crippen molar-refractivity contribution < 1.29 is 4.79 Å². The first kappa shape index (κ1) is 19.8. The summed E-state index contributed by atoms with van der Waals surface area (Å²) in [6.07, 6.45) is 3.09. The first-order chi connectivity index (χ1) is 13.5. The molecule has 0 saturated heterocycles. The molecule has 3 rings (SSSR count). The molecule has 0 spiro atoms. The zero-order chi connectivity index (χ0) is 20.1. The third-order valence-electron chi connectivity index (χ3n) is 4.45. The van der Waals surface area contributed by atoms with Gasteiger partial charge in [0.05, 0.1) is 16.3 Å². The van der Waals surface area contributed by atoms with Crippen molar-refractivity contribution in [1.82, 2.24) is 14.9 Å². The SMILES string of the molecule is CCN(Cc1ccccc1)C(=O)c1cnc(Nc2c(C)cc(C)cc2Cl)nc1. The molecule has 0 saturated carbocycles. The molecule has 0 atom stereocenters. The molecule has 0 fully saturated rings. The topological polar surface area (TPSA) is 58.1 Å². The molecule has 0 bridgehead atoms. The zero-order valence-electron chi connectivity index (χ0n) is 16.2. The molecule has 5 nitrogen and oxygen atoms in total. The predicted octanol–water partition coefficient (Wildman–Crippen LogP) is 5.15. The van der Waals surface area contributed by atoms with Gasteiger partial charge in [0.25, 0.3) is 5.91 Å². The van der Waals surface area contributed by atoms with Crippen LogP contribution in [0.4, 0.5) is 11.6 Å². The lowest BCUT2D eigenvalue weighted by Gasteiger charge is -2.21. The van der Waals surface area contributed by atoms with Crippen molar-refractivity contribution in [2.45, 2.75) is 27.3 Å². The van der Waals surface area contributed by atoms with Crippen LogP contribution in [0, 0.1) is 13.8 Å². The molecule has 0 radical (unpaired) electrons. The van der Waals surface area contributed by atoms with Crippen molar-refractivity contribution in [3.63, 3.8) is 0 Å². The molecule has 1 amide bonds. The number of hydrogen-bond donors (Lipinski definition) is 1. The Bertz CT molecular complexity index is 935. The van der Waals surface area contributed by atoms with E-state index in [1.165, 1.54) is 0 Å². The number of carbonyl (C=O) groups excluding carboxylic acids is 1. The number of nitrogens with zero attached hydrogens (tertiary/aromatic N) is 3. The van der Waals surface area contributed by atoms with Crippen LogP contribution < -0.4 is 5.32 Å². The minimum atomic E-state index is -0.0950. The molecule has 6 heteroatoms. The van der Waals surface area contributed by atoms with Crippen molar-refractivity contribution in [1.29, 1.82) is 0 Å². The van der Waals surface area contributed by atoms with Gasteiger partial charge in [-0.1, -0.05) is 48.0 Å². The highest BCUT2D eigenvalue weighted by molar-refractivity contribution is 6.33. The number of aromatic nitrogens is 2. The third kappa shape index (κ3) is 4.67. The molecular formula is C22H23ClN4O. The van der Waals surface area contributed by atoms with Crippen LogP contribution in [0.25, 0.3) is 0 Å². The number of hydrogen-bond acceptors (Lipinski definition) is 4. The molecule has 1 N–H and O–H groups in total. The van der Waals surface area contributed by atoms with Crippen LogP contribution in [-0.4, -0.2) is 27.3 Å². The average Bonchev–Trinajstić information content (AvgIpc) is 2.69. The van der Waals surface area contributed by atoms with Gasteiger partial charge in [0.2, 0.25) is 5.95 Å². The molecule has 3 aromatic rings. The van der Waals surface area contributed by atoms with E-state index in [-0.39, 0.29) is 5.91 Å². The normalized spacial score (nSPS) is 10.6. The van der Waals surface area contributed by atoms with Crippen molar-refractivity contribution >= 4 is 29.1 Å². The van der Waals surface area contributed by atoms with Gasteiger partial charge in [-0.25, -0.2) is 9.97 Å². The maximum atomic E-state index is 12.8. The second-order valence-electron chi connectivity index (χ2n) is 6.66. The summed E-state index contributed by atoms with van der Waals surface area (Å²) >= 11 is 6.32. The number of halogens is 1. The summed E-state index contributed by atoms with van der Waals surface area (Å²) in [5.41, 5.74) is 4.41. The Labute approximate surface area is 170 Å². The van der Waals surface area contributed by atoms with Crippen LogP contribution in [0.15, 0.2) is 54.9 Å². The fraction of sp³-hybridized carbons (Fsp3) is 0.227. The quantitative estimate of drug-likeness (QED) is 0.627. The second kappa shape index (κ2) is 8.85. The van der Waals surface area contributed by atoms with Crippen molar-refractivity contribution in [2.24, 2.45) is 0 Å². The van der Waals surface area contributed by atoms with Gasteiger partial charge in [-0.05, 0) is 43.5 Å². The highest BCUT2D eigenvalue weighted by atomic mass is 35.5. The predicted molar refractivity (Wildman–Crippen MR) is 113 cm³/mol. The summed E-state index contributed by atoms with van der Waals surface area (Å²) in [4.78, 5) is 23.2. The fourth-order valence-electron chi connectivity index (χ4n) is 3.00. The Balaban J connectivity index is 1.73. The van der Waals surface area contributed by atoms with Gasteiger partial charge in [0.15, 0.2) is 0 Å². The number of carbonyl (C=O) groups is 1. The lowest BCUT2D eigenvalue weighted by atomic mass is 10.1. The molecule has 0 aliphatic carbocycles. The molecule has 0 unspecified atom stereocenters. The lowest BCUT2D eigenvalue weighted by molar-refractivity contribution is 0.0752. The maximum absolute atomic E-state index is 12.8. The smallest absolute Gasteiger partial charge is 0.257 e. The summed E-state index contributed by atoms with van der Waals surface area (Å²) in [6, 6.07) is 13.8. The number of amides is 1. The molecule has 2 aromatic carbocycles. The Kier molecular flexibility index (Phi) is 6.26. The number of benzene rings is 2. The van der Waals surface area contributed by atoms with Gasteiger partial charge in [-0.3, -0.25) is 4.79 Å². The van der Waals surface area contributed by atoms with Crippen LogP contribution in [0.1, 0.15) is 34.0 Å². The van der Waals surface area contributed by atoms with E-state index in [1.54, 1.807) is 17.3 Å². The van der Waals surface area contributed by atoms with E-state index in [4.69, 9.17) is 11.6 Å². The molecule has 1 heterocycles. The van der Waals surface area contributed by atoms with E-state index in [0.717, 1.165) is 22.4 Å². The third-order valence-corrected chi connectivity index (χ3v) is 4.75. The Hall–Kier alpha value is -2.92. The minimum Gasteiger partial charge on any atom is -0.335 e. The number of rotatable bonds is 6. The molecule has 1 aromatic heterocycles. The van der Waals surface area contributed by atoms with Crippen molar-refractivity contribution in [3.8, 4) is 0 Å². The van der Waals surface area contributed by atoms with Crippen molar-refractivity contribution in [3.05, 3.63) is 82.1 Å². The summed E-state index contributed by atoms with van der Waals surface area (Å²) in [7, 11) is 0. The van der Waals surface area contributed by atoms with E-state index in [0.29, 0.717) is 29.6 Å². The Morgan fingerprint density at radius 2 is 1.79 bits per heavy atom. The number of anilines is 2. The van der Waals surface area contributed by atoms with Gasteiger partial charge < -0.3 is 10.2 Å². The van der Waals surface area contributed by atoms with E-state index in [1.807, 2.05) is 63.2 Å². The molecule has 0 aliphatic heterocycles. The summed E-state index contributed by atoms with van der Waals surface area (Å²) in [5.74, 6) is 0.305.